The first-order chi connectivity index (χ1) is 13.5. The van der Waals surface area contributed by atoms with Gasteiger partial charge in [-0.1, -0.05) is 35.9 Å². The summed E-state index contributed by atoms with van der Waals surface area (Å²) in [5.74, 6) is -0.0506. The first-order valence-electron chi connectivity index (χ1n) is 8.28. The molecule has 3 rings (SSSR count). The largest absolute Gasteiger partial charge is 0.482 e. The lowest BCUT2D eigenvalue weighted by Crippen LogP contribution is -2.23. The van der Waals surface area contributed by atoms with Gasteiger partial charge in [-0.3, -0.25) is 9.69 Å². The number of hydrogen-bond acceptors (Lipinski definition) is 6. The molecule has 1 aliphatic rings. The van der Waals surface area contributed by atoms with Crippen LogP contribution in [-0.4, -0.2) is 42.7 Å². The highest BCUT2D eigenvalue weighted by atomic mass is 35.5. The third-order valence-corrected chi connectivity index (χ3v) is 5.21. The number of hydrogen-bond donors (Lipinski definition) is 0. The van der Waals surface area contributed by atoms with Crippen molar-refractivity contribution in [3.63, 3.8) is 0 Å². The van der Waals surface area contributed by atoms with Gasteiger partial charge < -0.3 is 9.47 Å². The van der Waals surface area contributed by atoms with E-state index >= 15 is 0 Å². The predicted octanol–water partition coefficient (Wildman–Crippen LogP) is 4.13. The average molecular weight is 417 g/mol. The van der Waals surface area contributed by atoms with Gasteiger partial charge in [0.05, 0.1) is 22.7 Å². The predicted molar refractivity (Wildman–Crippen MR) is 111 cm³/mol. The Morgan fingerprint density at radius 3 is 2.61 bits per heavy atom. The van der Waals surface area contributed by atoms with Crippen LogP contribution in [0.15, 0.2) is 58.4 Å². The Morgan fingerprint density at radius 1 is 1.21 bits per heavy atom. The number of amides is 1. The summed E-state index contributed by atoms with van der Waals surface area (Å²) in [6.07, 6.45) is 1.78. The number of benzene rings is 2. The van der Waals surface area contributed by atoms with Crippen molar-refractivity contribution in [2.24, 2.45) is 4.99 Å². The lowest BCUT2D eigenvalue weighted by Gasteiger charge is -2.07. The van der Waals surface area contributed by atoms with E-state index in [0.29, 0.717) is 26.5 Å². The molecule has 2 aromatic rings. The van der Waals surface area contributed by atoms with Gasteiger partial charge in [0.2, 0.25) is 0 Å². The highest BCUT2D eigenvalue weighted by Crippen LogP contribution is 2.34. The number of rotatable bonds is 5. The number of amidine groups is 1. The second-order valence-electron chi connectivity index (χ2n) is 5.75. The van der Waals surface area contributed by atoms with Crippen LogP contribution in [0, 0.1) is 0 Å². The maximum absolute atomic E-state index is 12.5. The Hall–Kier alpha value is -2.77. The number of nitrogens with zero attached hydrogens (tertiary/aromatic N) is 2. The van der Waals surface area contributed by atoms with Gasteiger partial charge in [-0.25, -0.2) is 9.79 Å². The Labute approximate surface area is 171 Å². The van der Waals surface area contributed by atoms with E-state index in [-0.39, 0.29) is 12.5 Å². The van der Waals surface area contributed by atoms with Crippen molar-refractivity contribution in [2.45, 2.75) is 0 Å². The first kappa shape index (κ1) is 20.0. The fourth-order valence-corrected chi connectivity index (χ4v) is 3.47. The van der Waals surface area contributed by atoms with Crippen molar-refractivity contribution in [3.8, 4) is 5.75 Å². The molecule has 1 heterocycles. The monoisotopic (exact) mass is 416 g/mol. The van der Waals surface area contributed by atoms with Gasteiger partial charge in [0.25, 0.3) is 5.91 Å². The molecule has 0 aliphatic carbocycles. The molecule has 2 aromatic carbocycles. The Morgan fingerprint density at radius 2 is 1.93 bits per heavy atom. The Balaban J connectivity index is 1.75. The van der Waals surface area contributed by atoms with Gasteiger partial charge in [0.1, 0.15) is 5.75 Å². The van der Waals surface area contributed by atoms with Crippen molar-refractivity contribution in [1.82, 2.24) is 4.90 Å². The zero-order chi connectivity index (χ0) is 20.1. The number of aliphatic imine (C=N–C) groups is 1. The summed E-state index contributed by atoms with van der Waals surface area (Å²) in [5, 5.41) is 1.08. The summed E-state index contributed by atoms with van der Waals surface area (Å²) < 4.78 is 9.84. The van der Waals surface area contributed by atoms with Gasteiger partial charge >= 0.3 is 5.97 Å². The van der Waals surface area contributed by atoms with E-state index in [9.17, 15) is 9.59 Å². The molecule has 6 nitrogen and oxygen atoms in total. The minimum Gasteiger partial charge on any atom is -0.482 e. The number of carbonyl (C=O) groups is 2. The van der Waals surface area contributed by atoms with Crippen molar-refractivity contribution in [3.05, 3.63) is 64.0 Å². The third-order valence-electron chi connectivity index (χ3n) is 3.83. The maximum Gasteiger partial charge on any atom is 0.343 e. The van der Waals surface area contributed by atoms with E-state index in [1.165, 1.54) is 23.8 Å². The molecular formula is C20H17ClN2O4S. The first-order valence-corrected chi connectivity index (χ1v) is 9.48. The molecule has 0 N–H and O–H groups in total. The molecule has 28 heavy (non-hydrogen) atoms. The van der Waals surface area contributed by atoms with E-state index in [4.69, 9.17) is 16.3 Å². The minimum absolute atomic E-state index is 0.137. The lowest BCUT2D eigenvalue weighted by molar-refractivity contribution is -0.142. The quantitative estimate of drug-likeness (QED) is 0.541. The summed E-state index contributed by atoms with van der Waals surface area (Å²) in [5.41, 5.74) is 1.44. The Kier molecular flexibility index (Phi) is 6.38. The number of carbonyl (C=O) groups excluding carboxylic acids is 2. The number of methoxy groups -OCH3 is 1. The molecule has 0 unspecified atom stereocenters. The van der Waals surface area contributed by atoms with Crippen LogP contribution in [0.5, 0.6) is 5.75 Å². The van der Waals surface area contributed by atoms with E-state index < -0.39 is 5.97 Å². The lowest BCUT2D eigenvalue weighted by atomic mass is 10.2. The van der Waals surface area contributed by atoms with E-state index in [1.54, 1.807) is 49.5 Å². The van der Waals surface area contributed by atoms with E-state index in [0.717, 1.165) is 5.56 Å². The van der Waals surface area contributed by atoms with Crippen LogP contribution < -0.4 is 4.74 Å². The molecule has 0 spiro atoms. The fraction of sp³-hybridized carbons (Fsp3) is 0.150. The summed E-state index contributed by atoms with van der Waals surface area (Å²) in [4.78, 5) is 30.2. The van der Waals surface area contributed by atoms with Crippen LogP contribution in [0.1, 0.15) is 5.56 Å². The third kappa shape index (κ3) is 4.74. The van der Waals surface area contributed by atoms with Crippen molar-refractivity contribution in [1.29, 1.82) is 0 Å². The van der Waals surface area contributed by atoms with Gasteiger partial charge in [-0.15, -0.1) is 0 Å². The van der Waals surface area contributed by atoms with Crippen LogP contribution in [0.3, 0.4) is 0 Å². The number of thioether (sulfide) groups is 1. The zero-order valence-electron chi connectivity index (χ0n) is 15.2. The molecule has 0 bridgehead atoms. The van der Waals surface area contributed by atoms with Crippen LogP contribution in [0.4, 0.5) is 5.69 Å². The molecule has 1 aliphatic heterocycles. The molecular weight excluding hydrogens is 400 g/mol. The highest BCUT2D eigenvalue weighted by molar-refractivity contribution is 8.18. The van der Waals surface area contributed by atoms with E-state index in [2.05, 4.69) is 9.73 Å². The molecule has 0 saturated carbocycles. The molecule has 1 saturated heterocycles. The Bertz CT molecular complexity index is 957. The highest BCUT2D eigenvalue weighted by Gasteiger charge is 2.30. The average Bonchev–Trinajstić information content (AvgIpc) is 2.96. The number of halogens is 1. The molecule has 1 fully saturated rings. The normalized spacial score (nSPS) is 16.7. The van der Waals surface area contributed by atoms with Gasteiger partial charge in [0, 0.05) is 7.05 Å². The SMILES string of the molecule is COC(=O)COc1ccc(/C=C2\SC(=Nc3ccccc3Cl)N(C)C2=O)cc1. The standard InChI is InChI=1S/C20H17ClN2O4S/c1-23-19(25)17(28-20(23)22-16-6-4-3-5-15(16)21)11-13-7-9-14(10-8-13)27-12-18(24)26-2/h3-11H,12H2,1-2H3/b17-11-,22-20?. The number of ether oxygens (including phenoxy) is 2. The van der Waals surface area contributed by atoms with Crippen LogP contribution >= 0.6 is 23.4 Å². The van der Waals surface area contributed by atoms with Crippen LogP contribution in [-0.2, 0) is 14.3 Å². The molecule has 0 atom stereocenters. The summed E-state index contributed by atoms with van der Waals surface area (Å²) in [6.45, 7) is -0.155. The zero-order valence-corrected chi connectivity index (χ0v) is 16.8. The van der Waals surface area contributed by atoms with Gasteiger partial charge in [0.15, 0.2) is 11.8 Å². The van der Waals surface area contributed by atoms with Crippen LogP contribution in [0.2, 0.25) is 5.02 Å². The van der Waals surface area contributed by atoms with Crippen molar-refractivity contribution in [2.75, 3.05) is 20.8 Å². The van der Waals surface area contributed by atoms with E-state index in [1.807, 2.05) is 12.1 Å². The van der Waals surface area contributed by atoms with Crippen molar-refractivity contribution < 1.29 is 19.1 Å². The summed E-state index contributed by atoms with van der Waals surface area (Å²) >= 11 is 7.43. The topological polar surface area (TPSA) is 68.2 Å². The number of likely N-dealkylation sites (N-methyl/N-ethyl adjacent to an activating group) is 1. The maximum atomic E-state index is 12.5. The minimum atomic E-state index is -0.451. The molecule has 8 heteroatoms. The van der Waals surface area contributed by atoms with Gasteiger partial charge in [-0.05, 0) is 47.7 Å². The second-order valence-corrected chi connectivity index (χ2v) is 7.17. The second kappa shape index (κ2) is 8.95. The number of para-hydroxylation sites is 1. The molecule has 1 amide bonds. The summed E-state index contributed by atoms with van der Waals surface area (Å²) in [6, 6.07) is 14.3. The molecule has 0 radical (unpaired) electrons. The van der Waals surface area contributed by atoms with Crippen LogP contribution in [0.25, 0.3) is 6.08 Å². The fourth-order valence-electron chi connectivity index (χ4n) is 2.31. The smallest absolute Gasteiger partial charge is 0.343 e. The molecule has 144 valence electrons. The molecule has 0 aromatic heterocycles. The van der Waals surface area contributed by atoms with Gasteiger partial charge in [-0.2, -0.15) is 0 Å². The number of esters is 1. The summed E-state index contributed by atoms with van der Waals surface area (Å²) in [7, 11) is 2.98. The van der Waals surface area contributed by atoms with Crippen molar-refractivity contribution >= 4 is 52.2 Å².